The summed E-state index contributed by atoms with van der Waals surface area (Å²) in [5.74, 6) is 0.537. The number of nitrogens with two attached hydrogens (primary N) is 1. The molecular weight excluding hydrogens is 268 g/mol. The molecule has 19 heavy (non-hydrogen) atoms. The van der Waals surface area contributed by atoms with E-state index >= 15 is 0 Å². The molecule has 2 aromatic rings. The third-order valence-corrected chi connectivity index (χ3v) is 3.55. The maximum absolute atomic E-state index is 11.3. The number of nitrogens with one attached hydrogen (secondary N) is 2. The van der Waals surface area contributed by atoms with Crippen molar-refractivity contribution in [2.24, 2.45) is 5.14 Å². The lowest BCUT2D eigenvalue weighted by atomic mass is 10.1. The Morgan fingerprint density at radius 3 is 2.89 bits per heavy atom. The first-order valence-corrected chi connectivity index (χ1v) is 7.10. The summed E-state index contributed by atoms with van der Waals surface area (Å²) in [6, 6.07) is 6.42. The van der Waals surface area contributed by atoms with E-state index < -0.39 is 10.0 Å². The second kappa shape index (κ2) is 5.43. The van der Waals surface area contributed by atoms with Gasteiger partial charge in [0.05, 0.1) is 11.4 Å². The van der Waals surface area contributed by atoms with Crippen molar-refractivity contribution in [3.63, 3.8) is 0 Å². The summed E-state index contributed by atoms with van der Waals surface area (Å²) in [5, 5.41) is 21.7. The summed E-state index contributed by atoms with van der Waals surface area (Å²) in [4.78, 5) is 0.0956. The predicted octanol–water partition coefficient (Wildman–Crippen LogP) is -0.302. The number of aromatic amines is 1. The minimum Gasteiger partial charge on any atom is -0.303 e. The largest absolute Gasteiger partial charge is 0.303 e. The van der Waals surface area contributed by atoms with Gasteiger partial charge in [-0.1, -0.05) is 17.3 Å². The van der Waals surface area contributed by atoms with Crippen LogP contribution in [0.1, 0.15) is 24.4 Å². The summed E-state index contributed by atoms with van der Waals surface area (Å²) in [7, 11) is -3.68. The molecule has 0 saturated heterocycles. The minimum atomic E-state index is -3.68. The van der Waals surface area contributed by atoms with Crippen molar-refractivity contribution in [3.8, 4) is 0 Å². The van der Waals surface area contributed by atoms with Crippen LogP contribution in [0.2, 0.25) is 0 Å². The number of primary sulfonamides is 1. The van der Waals surface area contributed by atoms with Crippen LogP contribution < -0.4 is 10.5 Å². The van der Waals surface area contributed by atoms with Crippen LogP contribution in [0.3, 0.4) is 0 Å². The number of hydrogen-bond donors (Lipinski definition) is 3. The van der Waals surface area contributed by atoms with Crippen molar-refractivity contribution in [2.75, 3.05) is 0 Å². The Hall–Kier alpha value is -1.84. The molecule has 8 nitrogen and oxygen atoms in total. The molecule has 1 heterocycles. The Labute approximate surface area is 110 Å². The van der Waals surface area contributed by atoms with Crippen molar-refractivity contribution in [1.29, 1.82) is 0 Å². The zero-order valence-corrected chi connectivity index (χ0v) is 11.1. The SMILES string of the molecule is CC(NCc1nn[nH]n1)c1cccc(S(N)(=O)=O)c1. The monoisotopic (exact) mass is 282 g/mol. The summed E-state index contributed by atoms with van der Waals surface area (Å²) in [6.45, 7) is 2.33. The van der Waals surface area contributed by atoms with Gasteiger partial charge in [0.1, 0.15) is 0 Å². The highest BCUT2D eigenvalue weighted by atomic mass is 32.2. The van der Waals surface area contributed by atoms with Gasteiger partial charge < -0.3 is 5.32 Å². The summed E-state index contributed by atoms with van der Waals surface area (Å²) in [5.41, 5.74) is 0.815. The Kier molecular flexibility index (Phi) is 3.88. The fraction of sp³-hybridized carbons (Fsp3) is 0.300. The van der Waals surface area contributed by atoms with Gasteiger partial charge in [0.15, 0.2) is 5.82 Å². The number of benzene rings is 1. The Bertz CT molecular complexity index is 640. The molecule has 1 aromatic carbocycles. The van der Waals surface area contributed by atoms with Gasteiger partial charge in [-0.3, -0.25) is 0 Å². The molecule has 0 bridgehead atoms. The minimum absolute atomic E-state index is 0.0693. The van der Waals surface area contributed by atoms with Crippen LogP contribution in [0.5, 0.6) is 0 Å². The molecule has 0 radical (unpaired) electrons. The molecule has 1 unspecified atom stereocenters. The van der Waals surface area contributed by atoms with Crippen molar-refractivity contribution in [2.45, 2.75) is 24.4 Å². The van der Waals surface area contributed by atoms with Gasteiger partial charge in [-0.15, -0.1) is 10.2 Å². The number of sulfonamides is 1. The van der Waals surface area contributed by atoms with E-state index in [1.807, 2.05) is 13.0 Å². The van der Waals surface area contributed by atoms with Crippen LogP contribution in [0.25, 0.3) is 0 Å². The van der Waals surface area contributed by atoms with Crippen LogP contribution in [0.15, 0.2) is 29.2 Å². The van der Waals surface area contributed by atoms with E-state index in [-0.39, 0.29) is 10.9 Å². The van der Waals surface area contributed by atoms with Crippen LogP contribution in [-0.2, 0) is 16.6 Å². The second-order valence-corrected chi connectivity index (χ2v) is 5.61. The van der Waals surface area contributed by atoms with Crippen molar-refractivity contribution >= 4 is 10.0 Å². The molecule has 9 heteroatoms. The van der Waals surface area contributed by atoms with Crippen molar-refractivity contribution < 1.29 is 8.42 Å². The highest BCUT2D eigenvalue weighted by Crippen LogP contribution is 2.16. The Morgan fingerprint density at radius 2 is 2.26 bits per heavy atom. The molecule has 0 fully saturated rings. The maximum atomic E-state index is 11.3. The third-order valence-electron chi connectivity index (χ3n) is 2.64. The van der Waals surface area contributed by atoms with Crippen LogP contribution in [0, 0.1) is 0 Å². The average molecular weight is 282 g/mol. The van der Waals surface area contributed by atoms with E-state index in [2.05, 4.69) is 25.9 Å². The summed E-state index contributed by atoms with van der Waals surface area (Å²) < 4.78 is 22.6. The number of nitrogens with zero attached hydrogens (tertiary/aromatic N) is 3. The standard InChI is InChI=1S/C10H14N6O2S/c1-7(12-6-10-13-15-16-14-10)8-3-2-4-9(5-8)19(11,17)18/h2-5,7,12H,6H2,1H3,(H2,11,17,18)(H,13,14,15,16). The number of tetrazole rings is 1. The average Bonchev–Trinajstić information content (AvgIpc) is 2.88. The molecule has 102 valence electrons. The van der Waals surface area contributed by atoms with Gasteiger partial charge in [0.2, 0.25) is 10.0 Å². The molecule has 4 N–H and O–H groups in total. The van der Waals surface area contributed by atoms with Crippen LogP contribution in [-0.4, -0.2) is 29.0 Å². The van der Waals surface area contributed by atoms with Crippen LogP contribution in [0.4, 0.5) is 0 Å². The number of aromatic nitrogens is 4. The summed E-state index contributed by atoms with van der Waals surface area (Å²) in [6.07, 6.45) is 0. The zero-order chi connectivity index (χ0) is 13.9. The molecule has 0 aliphatic rings. The van der Waals surface area contributed by atoms with Gasteiger partial charge in [-0.25, -0.2) is 13.6 Å². The molecule has 0 aliphatic carbocycles. The number of rotatable bonds is 5. The first kappa shape index (κ1) is 13.6. The molecular formula is C10H14N6O2S. The predicted molar refractivity (Wildman–Crippen MR) is 67.2 cm³/mol. The quantitative estimate of drug-likeness (QED) is 0.691. The third kappa shape index (κ3) is 3.56. The van der Waals surface area contributed by atoms with Crippen molar-refractivity contribution in [3.05, 3.63) is 35.7 Å². The Morgan fingerprint density at radius 1 is 1.47 bits per heavy atom. The molecule has 0 aliphatic heterocycles. The van der Waals surface area contributed by atoms with E-state index in [0.29, 0.717) is 12.4 Å². The fourth-order valence-electron chi connectivity index (χ4n) is 1.58. The van der Waals surface area contributed by atoms with Gasteiger partial charge in [0.25, 0.3) is 0 Å². The van der Waals surface area contributed by atoms with E-state index in [0.717, 1.165) is 5.56 Å². The van der Waals surface area contributed by atoms with Gasteiger partial charge in [-0.05, 0) is 24.6 Å². The van der Waals surface area contributed by atoms with Gasteiger partial charge in [-0.2, -0.15) is 5.21 Å². The number of hydrogen-bond acceptors (Lipinski definition) is 6. The topological polar surface area (TPSA) is 127 Å². The molecule has 0 saturated carbocycles. The smallest absolute Gasteiger partial charge is 0.238 e. The van der Waals surface area contributed by atoms with E-state index in [1.165, 1.54) is 6.07 Å². The second-order valence-electron chi connectivity index (χ2n) is 4.05. The highest BCUT2D eigenvalue weighted by molar-refractivity contribution is 7.89. The molecule has 1 aromatic heterocycles. The van der Waals surface area contributed by atoms with Gasteiger partial charge in [0, 0.05) is 6.04 Å². The first-order chi connectivity index (χ1) is 8.97. The van der Waals surface area contributed by atoms with E-state index in [4.69, 9.17) is 5.14 Å². The van der Waals surface area contributed by atoms with E-state index in [9.17, 15) is 8.42 Å². The first-order valence-electron chi connectivity index (χ1n) is 5.55. The summed E-state index contributed by atoms with van der Waals surface area (Å²) >= 11 is 0. The normalized spacial score (nSPS) is 13.4. The number of H-pyrrole nitrogens is 1. The lowest BCUT2D eigenvalue weighted by Crippen LogP contribution is -2.20. The van der Waals surface area contributed by atoms with Gasteiger partial charge >= 0.3 is 0 Å². The van der Waals surface area contributed by atoms with Crippen molar-refractivity contribution in [1.82, 2.24) is 25.9 Å². The zero-order valence-electron chi connectivity index (χ0n) is 10.2. The maximum Gasteiger partial charge on any atom is 0.238 e. The van der Waals surface area contributed by atoms with E-state index in [1.54, 1.807) is 12.1 Å². The molecule has 0 amide bonds. The van der Waals surface area contributed by atoms with Crippen LogP contribution >= 0.6 is 0 Å². The molecule has 2 rings (SSSR count). The molecule has 0 spiro atoms. The lowest BCUT2D eigenvalue weighted by Gasteiger charge is -2.13. The Balaban J connectivity index is 2.09. The highest BCUT2D eigenvalue weighted by Gasteiger charge is 2.11. The fourth-order valence-corrected chi connectivity index (χ4v) is 2.15. The molecule has 1 atom stereocenters. The lowest BCUT2D eigenvalue weighted by molar-refractivity contribution is 0.558.